The van der Waals surface area contributed by atoms with Gasteiger partial charge in [-0.15, -0.1) is 13.2 Å². The molecule has 0 radical (unpaired) electrons. The maximum Gasteiger partial charge on any atom is 0.0677 e. The molecule has 0 heterocycles. The molecule has 1 aromatic rings. The van der Waals surface area contributed by atoms with Gasteiger partial charge in [0.25, 0.3) is 0 Å². The van der Waals surface area contributed by atoms with Crippen molar-refractivity contribution in [3.63, 3.8) is 0 Å². The van der Waals surface area contributed by atoms with Crippen molar-refractivity contribution in [2.75, 3.05) is 0 Å². The van der Waals surface area contributed by atoms with Crippen molar-refractivity contribution in [3.05, 3.63) is 61.2 Å². The summed E-state index contributed by atoms with van der Waals surface area (Å²) in [7, 11) is 0. The summed E-state index contributed by atoms with van der Waals surface area (Å²) in [6, 6.07) is 9.89. The molecule has 1 rings (SSSR count). The highest BCUT2D eigenvalue weighted by Gasteiger charge is 2.15. The lowest BCUT2D eigenvalue weighted by Crippen LogP contribution is -2.15. The quantitative estimate of drug-likeness (QED) is 0.704. The van der Waals surface area contributed by atoms with E-state index in [2.05, 4.69) is 13.2 Å². The Bertz CT molecular complexity index is 289. The SMILES string of the molecule is C=CCC(O)C(C=C)c1ccccc1. The Morgan fingerprint density at radius 2 is 1.86 bits per heavy atom. The van der Waals surface area contributed by atoms with Crippen molar-refractivity contribution in [2.24, 2.45) is 0 Å². The first-order valence-electron chi connectivity index (χ1n) is 4.76. The topological polar surface area (TPSA) is 20.2 Å². The summed E-state index contributed by atoms with van der Waals surface area (Å²) in [4.78, 5) is 0. The molecule has 0 aliphatic heterocycles. The molecule has 0 amide bonds. The van der Waals surface area contributed by atoms with Crippen molar-refractivity contribution in [1.82, 2.24) is 0 Å². The predicted octanol–water partition coefficient (Wildman–Crippen LogP) is 2.89. The van der Waals surface area contributed by atoms with Gasteiger partial charge in [-0.05, 0) is 12.0 Å². The van der Waals surface area contributed by atoms with Crippen LogP contribution >= 0.6 is 0 Å². The molecule has 0 aliphatic carbocycles. The van der Waals surface area contributed by atoms with Gasteiger partial charge in [-0.2, -0.15) is 0 Å². The Hall–Kier alpha value is -1.34. The van der Waals surface area contributed by atoms with Crippen molar-refractivity contribution >= 4 is 0 Å². The normalized spacial score (nSPS) is 14.4. The average Bonchev–Trinajstić information content (AvgIpc) is 2.21. The number of hydrogen-bond acceptors (Lipinski definition) is 1. The molecule has 2 unspecified atom stereocenters. The molecule has 14 heavy (non-hydrogen) atoms. The maximum absolute atomic E-state index is 9.82. The van der Waals surface area contributed by atoms with Crippen LogP contribution in [0.2, 0.25) is 0 Å². The Morgan fingerprint density at radius 1 is 1.21 bits per heavy atom. The van der Waals surface area contributed by atoms with Gasteiger partial charge in [-0.1, -0.05) is 42.5 Å². The molecule has 74 valence electrons. The zero-order valence-electron chi connectivity index (χ0n) is 8.26. The summed E-state index contributed by atoms with van der Waals surface area (Å²) in [6.07, 6.45) is 3.67. The second kappa shape index (κ2) is 5.40. The molecule has 0 aromatic heterocycles. The highest BCUT2D eigenvalue weighted by Crippen LogP contribution is 2.22. The molecule has 1 heteroatoms. The minimum absolute atomic E-state index is 0.00537. The van der Waals surface area contributed by atoms with Crippen molar-refractivity contribution < 1.29 is 5.11 Å². The third-order valence-electron chi connectivity index (χ3n) is 2.26. The van der Waals surface area contributed by atoms with E-state index in [1.807, 2.05) is 30.3 Å². The van der Waals surface area contributed by atoms with E-state index < -0.39 is 6.10 Å². The van der Waals surface area contributed by atoms with Crippen LogP contribution in [0, 0.1) is 0 Å². The molecular formula is C13H16O. The lowest BCUT2D eigenvalue weighted by Gasteiger charge is -2.18. The minimum Gasteiger partial charge on any atom is -0.392 e. The van der Waals surface area contributed by atoms with Crippen molar-refractivity contribution in [3.8, 4) is 0 Å². The molecule has 1 N–H and O–H groups in total. The fourth-order valence-corrected chi connectivity index (χ4v) is 1.51. The van der Waals surface area contributed by atoms with E-state index in [0.717, 1.165) is 5.56 Å². The standard InChI is InChI=1S/C13H16O/c1-3-8-13(14)12(4-2)11-9-6-5-7-10-11/h3-7,9-10,12-14H,1-2,8H2. The maximum atomic E-state index is 9.82. The Labute approximate surface area is 85.4 Å². The van der Waals surface area contributed by atoms with Gasteiger partial charge < -0.3 is 5.11 Å². The Morgan fingerprint density at radius 3 is 2.36 bits per heavy atom. The summed E-state index contributed by atoms with van der Waals surface area (Å²) in [5.41, 5.74) is 1.09. The van der Waals surface area contributed by atoms with Crippen molar-refractivity contribution in [1.29, 1.82) is 0 Å². The third kappa shape index (κ3) is 2.57. The van der Waals surface area contributed by atoms with E-state index in [1.54, 1.807) is 12.2 Å². The summed E-state index contributed by atoms with van der Waals surface area (Å²) >= 11 is 0. The molecule has 0 spiro atoms. The van der Waals surface area contributed by atoms with Gasteiger partial charge in [-0.25, -0.2) is 0 Å². The third-order valence-corrected chi connectivity index (χ3v) is 2.26. The van der Waals surface area contributed by atoms with Gasteiger partial charge in [0, 0.05) is 5.92 Å². The largest absolute Gasteiger partial charge is 0.392 e. The molecule has 0 fully saturated rings. The van der Waals surface area contributed by atoms with Crippen molar-refractivity contribution in [2.45, 2.75) is 18.4 Å². The van der Waals surface area contributed by atoms with Crippen LogP contribution in [0.3, 0.4) is 0 Å². The molecule has 1 nitrogen and oxygen atoms in total. The number of rotatable bonds is 5. The summed E-state index contributed by atoms with van der Waals surface area (Å²) in [6.45, 7) is 7.36. The predicted molar refractivity (Wildman–Crippen MR) is 60.2 cm³/mol. The highest BCUT2D eigenvalue weighted by atomic mass is 16.3. The fourth-order valence-electron chi connectivity index (χ4n) is 1.51. The van der Waals surface area contributed by atoms with Gasteiger partial charge in [0.15, 0.2) is 0 Å². The Balaban J connectivity index is 2.81. The summed E-state index contributed by atoms with van der Waals surface area (Å²) in [5, 5.41) is 9.82. The zero-order chi connectivity index (χ0) is 10.4. The van der Waals surface area contributed by atoms with E-state index in [9.17, 15) is 5.11 Å². The average molecular weight is 188 g/mol. The summed E-state index contributed by atoms with van der Waals surface area (Å²) in [5.74, 6) is -0.00537. The number of benzene rings is 1. The molecule has 1 aromatic carbocycles. The monoisotopic (exact) mass is 188 g/mol. The second-order valence-electron chi connectivity index (χ2n) is 3.26. The number of hydrogen-bond donors (Lipinski definition) is 1. The van der Waals surface area contributed by atoms with E-state index in [1.165, 1.54) is 0 Å². The van der Waals surface area contributed by atoms with E-state index in [4.69, 9.17) is 0 Å². The second-order valence-corrected chi connectivity index (χ2v) is 3.26. The van der Waals surface area contributed by atoms with E-state index in [-0.39, 0.29) is 5.92 Å². The Kier molecular flexibility index (Phi) is 4.14. The van der Waals surface area contributed by atoms with Gasteiger partial charge >= 0.3 is 0 Å². The lowest BCUT2D eigenvalue weighted by molar-refractivity contribution is 0.162. The first-order valence-corrected chi connectivity index (χ1v) is 4.76. The molecule has 0 aliphatic rings. The van der Waals surface area contributed by atoms with Gasteiger partial charge in [0.2, 0.25) is 0 Å². The first kappa shape index (κ1) is 10.7. The van der Waals surface area contributed by atoms with Crippen LogP contribution in [0.1, 0.15) is 17.9 Å². The van der Waals surface area contributed by atoms with Crippen LogP contribution in [0.25, 0.3) is 0 Å². The van der Waals surface area contributed by atoms with Crippen LogP contribution in [0.5, 0.6) is 0 Å². The van der Waals surface area contributed by atoms with E-state index >= 15 is 0 Å². The minimum atomic E-state index is -0.424. The fraction of sp³-hybridized carbons (Fsp3) is 0.231. The van der Waals surface area contributed by atoms with E-state index in [0.29, 0.717) is 6.42 Å². The lowest BCUT2D eigenvalue weighted by atomic mass is 9.92. The van der Waals surface area contributed by atoms with Crippen LogP contribution < -0.4 is 0 Å². The number of aliphatic hydroxyl groups excluding tert-OH is 1. The van der Waals surface area contributed by atoms with Crippen LogP contribution in [-0.4, -0.2) is 11.2 Å². The molecule has 0 saturated heterocycles. The summed E-state index contributed by atoms with van der Waals surface area (Å²) < 4.78 is 0. The van der Waals surface area contributed by atoms with Crippen LogP contribution in [-0.2, 0) is 0 Å². The molecule has 0 saturated carbocycles. The highest BCUT2D eigenvalue weighted by molar-refractivity contribution is 5.24. The van der Waals surface area contributed by atoms with Gasteiger partial charge in [0.05, 0.1) is 6.10 Å². The van der Waals surface area contributed by atoms with Gasteiger partial charge in [0.1, 0.15) is 0 Å². The van der Waals surface area contributed by atoms with Crippen LogP contribution in [0.15, 0.2) is 55.6 Å². The molecule has 0 bridgehead atoms. The van der Waals surface area contributed by atoms with Gasteiger partial charge in [-0.3, -0.25) is 0 Å². The smallest absolute Gasteiger partial charge is 0.0677 e. The van der Waals surface area contributed by atoms with Crippen LogP contribution in [0.4, 0.5) is 0 Å². The molecular weight excluding hydrogens is 172 g/mol. The number of aliphatic hydroxyl groups is 1. The molecule has 2 atom stereocenters. The first-order chi connectivity index (χ1) is 6.79. The zero-order valence-corrected chi connectivity index (χ0v) is 8.26.